The smallest absolute Gasteiger partial charge is 0.414 e. The van der Waals surface area contributed by atoms with Crippen LogP contribution in [0.25, 0.3) is 15.8 Å². The highest BCUT2D eigenvalue weighted by atomic mass is 32.1. The van der Waals surface area contributed by atoms with Gasteiger partial charge in [0.2, 0.25) is 0 Å². The van der Waals surface area contributed by atoms with Gasteiger partial charge in [0.05, 0.1) is 5.70 Å². The van der Waals surface area contributed by atoms with E-state index in [4.69, 9.17) is 4.74 Å². The first kappa shape index (κ1) is 23.3. The number of likely N-dealkylation sites (tertiary alicyclic amines) is 1. The molecule has 0 bridgehead atoms. The van der Waals surface area contributed by atoms with E-state index in [2.05, 4.69) is 63.9 Å². The van der Waals surface area contributed by atoms with Crippen molar-refractivity contribution < 1.29 is 9.53 Å². The first-order valence-electron chi connectivity index (χ1n) is 11.8. The Labute approximate surface area is 197 Å². The Morgan fingerprint density at radius 3 is 2.56 bits per heavy atom. The minimum absolute atomic E-state index is 0.256. The van der Waals surface area contributed by atoms with Crippen molar-refractivity contribution in [3.8, 4) is 0 Å². The van der Waals surface area contributed by atoms with Crippen LogP contribution in [-0.4, -0.2) is 48.2 Å². The van der Waals surface area contributed by atoms with Crippen LogP contribution in [0.4, 0.5) is 4.79 Å². The number of fused-ring (bicyclic) bond motifs is 1. The second-order valence-electron chi connectivity index (χ2n) is 11.6. The number of hydrogen-bond acceptors (Lipinski definition) is 4. The van der Waals surface area contributed by atoms with Crippen LogP contribution in [0.5, 0.6) is 0 Å². The number of rotatable bonds is 2. The van der Waals surface area contributed by atoms with Crippen LogP contribution >= 0.6 is 11.3 Å². The van der Waals surface area contributed by atoms with E-state index in [0.29, 0.717) is 18.4 Å². The highest BCUT2D eigenvalue weighted by Gasteiger charge is 2.40. The fourth-order valence-corrected chi connectivity index (χ4v) is 6.76. The molecule has 1 saturated heterocycles. The van der Waals surface area contributed by atoms with Gasteiger partial charge in [-0.3, -0.25) is 4.90 Å². The lowest BCUT2D eigenvalue weighted by atomic mass is 9.80. The first-order valence-corrected chi connectivity index (χ1v) is 12.6. The van der Waals surface area contributed by atoms with Crippen molar-refractivity contribution in [1.82, 2.24) is 9.80 Å². The van der Waals surface area contributed by atoms with Crippen LogP contribution in [0, 0.1) is 18.3 Å². The fraction of sp³-hybridized carbons (Fsp3) is 0.593. The second-order valence-corrected chi connectivity index (χ2v) is 12.6. The van der Waals surface area contributed by atoms with Crippen LogP contribution in [0.2, 0.25) is 0 Å². The van der Waals surface area contributed by atoms with Crippen molar-refractivity contribution in [2.45, 2.75) is 66.4 Å². The Morgan fingerprint density at radius 1 is 1.22 bits per heavy atom. The summed E-state index contributed by atoms with van der Waals surface area (Å²) in [5, 5.41) is 1.32. The summed E-state index contributed by atoms with van der Waals surface area (Å²) in [6.07, 6.45) is 2.92. The number of benzene rings is 1. The predicted molar refractivity (Wildman–Crippen MR) is 135 cm³/mol. The van der Waals surface area contributed by atoms with Gasteiger partial charge in [0.1, 0.15) is 5.60 Å². The highest BCUT2D eigenvalue weighted by molar-refractivity contribution is 7.19. The number of likely N-dealkylation sites (N-methyl/N-ethyl adjacent to an activating group) is 1. The Balaban J connectivity index is 1.71. The quantitative estimate of drug-likeness (QED) is 0.496. The SMILES string of the molecule is Cc1c(C2CN(C)CC2(C)C)sc2ccc(C3=CC[C@H](C)CN3C(=O)OC(C)(C)C)cc12. The van der Waals surface area contributed by atoms with E-state index in [1.807, 2.05) is 37.0 Å². The Kier molecular flexibility index (Phi) is 5.96. The third kappa shape index (κ3) is 4.47. The van der Waals surface area contributed by atoms with Crippen molar-refractivity contribution in [1.29, 1.82) is 0 Å². The molecule has 2 atom stereocenters. The number of ether oxygens (including phenoxy) is 1. The summed E-state index contributed by atoms with van der Waals surface area (Å²) in [4.78, 5) is 18.8. The molecule has 4 nitrogen and oxygen atoms in total. The molecule has 1 aromatic carbocycles. The molecule has 0 N–H and O–H groups in total. The molecule has 3 heterocycles. The van der Waals surface area contributed by atoms with Crippen LogP contribution in [-0.2, 0) is 4.74 Å². The average Bonchev–Trinajstić information content (AvgIpc) is 3.14. The molecule has 32 heavy (non-hydrogen) atoms. The molecule has 5 heteroatoms. The molecule has 0 spiro atoms. The maximum atomic E-state index is 13.0. The number of allylic oxidation sites excluding steroid dienone is 1. The second kappa shape index (κ2) is 8.18. The van der Waals surface area contributed by atoms with Crippen molar-refractivity contribution in [2.24, 2.45) is 11.3 Å². The maximum Gasteiger partial charge on any atom is 0.414 e. The van der Waals surface area contributed by atoms with Gasteiger partial charge in [-0.15, -0.1) is 11.3 Å². The fourth-order valence-electron chi connectivity index (χ4n) is 5.27. The van der Waals surface area contributed by atoms with Crippen molar-refractivity contribution in [3.05, 3.63) is 40.3 Å². The van der Waals surface area contributed by atoms with E-state index in [-0.39, 0.29) is 11.5 Å². The summed E-state index contributed by atoms with van der Waals surface area (Å²) in [6, 6.07) is 6.70. The third-order valence-corrected chi connectivity index (χ3v) is 8.20. The summed E-state index contributed by atoms with van der Waals surface area (Å²) in [7, 11) is 2.23. The van der Waals surface area contributed by atoms with Crippen molar-refractivity contribution in [3.63, 3.8) is 0 Å². The summed E-state index contributed by atoms with van der Waals surface area (Å²) >= 11 is 1.94. The molecule has 1 amide bonds. The van der Waals surface area contributed by atoms with E-state index in [1.54, 1.807) is 0 Å². The average molecular weight is 455 g/mol. The van der Waals surface area contributed by atoms with Gasteiger partial charge in [0.25, 0.3) is 0 Å². The monoisotopic (exact) mass is 454 g/mol. The zero-order chi connectivity index (χ0) is 23.4. The number of hydrogen-bond donors (Lipinski definition) is 0. The van der Waals surface area contributed by atoms with Crippen LogP contribution < -0.4 is 0 Å². The van der Waals surface area contributed by atoms with E-state index in [1.165, 1.54) is 20.5 Å². The molecule has 0 saturated carbocycles. The number of thiophene rings is 1. The lowest BCUT2D eigenvalue weighted by molar-refractivity contribution is 0.0327. The standard InChI is InChI=1S/C27H38N2O2S/c1-17-9-11-22(29(14-17)25(30)31-26(3,4)5)19-10-12-23-20(13-19)18(2)24(32-23)21-15-28(8)16-27(21,6)7/h10-13,17,21H,9,14-16H2,1-8H3/t17-,21?/m0/s1. The molecule has 174 valence electrons. The number of aryl methyl sites for hydroxylation is 1. The normalized spacial score (nSPS) is 24.1. The molecule has 1 unspecified atom stereocenters. The van der Waals surface area contributed by atoms with E-state index in [0.717, 1.165) is 30.8 Å². The topological polar surface area (TPSA) is 32.8 Å². The summed E-state index contributed by atoms with van der Waals surface area (Å²) in [6.45, 7) is 17.9. The lowest BCUT2D eigenvalue weighted by Gasteiger charge is -2.34. The maximum absolute atomic E-state index is 13.0. The molecule has 0 radical (unpaired) electrons. The number of carbonyl (C=O) groups is 1. The van der Waals surface area contributed by atoms with Gasteiger partial charge in [0, 0.05) is 35.1 Å². The largest absolute Gasteiger partial charge is 0.443 e. The summed E-state index contributed by atoms with van der Waals surface area (Å²) in [5.74, 6) is 0.979. The number of nitrogens with zero attached hydrogens (tertiary/aromatic N) is 2. The Hall–Kier alpha value is -1.85. The van der Waals surface area contributed by atoms with Gasteiger partial charge in [-0.1, -0.05) is 32.9 Å². The van der Waals surface area contributed by atoms with Gasteiger partial charge in [0.15, 0.2) is 0 Å². The lowest BCUT2D eigenvalue weighted by Crippen LogP contribution is -2.39. The Morgan fingerprint density at radius 2 is 1.94 bits per heavy atom. The molecule has 2 aliphatic rings. The molecule has 0 aliphatic carbocycles. The predicted octanol–water partition coefficient (Wildman–Crippen LogP) is 6.88. The Bertz CT molecular complexity index is 1060. The van der Waals surface area contributed by atoms with E-state index < -0.39 is 5.60 Å². The molecule has 2 aromatic rings. The van der Waals surface area contributed by atoms with Crippen LogP contribution in [0.3, 0.4) is 0 Å². The molecule has 4 rings (SSSR count). The first-order chi connectivity index (χ1) is 14.9. The van der Waals surface area contributed by atoms with E-state index in [9.17, 15) is 4.79 Å². The zero-order valence-electron chi connectivity index (χ0n) is 20.9. The molecule has 2 aliphatic heterocycles. The highest BCUT2D eigenvalue weighted by Crippen LogP contribution is 2.47. The summed E-state index contributed by atoms with van der Waals surface area (Å²) < 4.78 is 7.07. The van der Waals surface area contributed by atoms with Gasteiger partial charge < -0.3 is 9.64 Å². The number of carbonyl (C=O) groups excluding carboxylic acids is 1. The van der Waals surface area contributed by atoms with Gasteiger partial charge in [-0.2, -0.15) is 0 Å². The van der Waals surface area contributed by atoms with Crippen molar-refractivity contribution >= 4 is 33.2 Å². The molecule has 1 fully saturated rings. The third-order valence-electron chi connectivity index (χ3n) is 6.81. The molecular weight excluding hydrogens is 416 g/mol. The van der Waals surface area contributed by atoms with Gasteiger partial charge >= 0.3 is 6.09 Å². The number of amides is 1. The minimum atomic E-state index is -0.507. The van der Waals surface area contributed by atoms with E-state index >= 15 is 0 Å². The summed E-state index contributed by atoms with van der Waals surface area (Å²) in [5.41, 5.74) is 3.25. The van der Waals surface area contributed by atoms with Gasteiger partial charge in [-0.25, -0.2) is 4.79 Å². The zero-order valence-corrected chi connectivity index (χ0v) is 21.7. The molecular formula is C27H38N2O2S. The van der Waals surface area contributed by atoms with Gasteiger partial charge in [-0.05, 0) is 81.1 Å². The minimum Gasteiger partial charge on any atom is -0.443 e. The van der Waals surface area contributed by atoms with Crippen LogP contribution in [0.1, 0.15) is 69.9 Å². The molecule has 1 aromatic heterocycles. The van der Waals surface area contributed by atoms with Crippen molar-refractivity contribution in [2.75, 3.05) is 26.7 Å². The van der Waals surface area contributed by atoms with Crippen LogP contribution in [0.15, 0.2) is 24.3 Å².